The van der Waals surface area contributed by atoms with E-state index in [1.54, 1.807) is 0 Å². The molecule has 0 saturated heterocycles. The van der Waals surface area contributed by atoms with E-state index >= 15 is 0 Å². The lowest BCUT2D eigenvalue weighted by molar-refractivity contribution is 0.0973. The molecule has 0 radical (unpaired) electrons. The maximum absolute atomic E-state index is 4.70. The molecule has 0 amide bonds. The van der Waals surface area contributed by atoms with Crippen molar-refractivity contribution in [3.8, 4) is 0 Å². The summed E-state index contributed by atoms with van der Waals surface area (Å²) in [6.07, 6.45) is 5.33. The minimum atomic E-state index is 0.445. The summed E-state index contributed by atoms with van der Waals surface area (Å²) >= 11 is 1.85. The van der Waals surface area contributed by atoms with Gasteiger partial charge in [0.15, 0.2) is 0 Å². The molecule has 1 fully saturated rings. The van der Waals surface area contributed by atoms with E-state index in [0.29, 0.717) is 5.41 Å². The molecule has 3 unspecified atom stereocenters. The summed E-state index contributed by atoms with van der Waals surface area (Å²) in [7, 11) is 0. The number of hydrogen-bond donors (Lipinski definition) is 1. The largest absolute Gasteiger partial charge is 0.317 e. The van der Waals surface area contributed by atoms with Gasteiger partial charge in [-0.3, -0.25) is 0 Å². The van der Waals surface area contributed by atoms with Crippen molar-refractivity contribution in [2.75, 3.05) is 13.1 Å². The summed E-state index contributed by atoms with van der Waals surface area (Å²) in [6, 6.07) is 0. The topological polar surface area (TPSA) is 24.9 Å². The van der Waals surface area contributed by atoms with Crippen LogP contribution in [0.3, 0.4) is 0 Å². The van der Waals surface area contributed by atoms with Crippen molar-refractivity contribution in [2.45, 2.75) is 60.3 Å². The Kier molecular flexibility index (Phi) is 5.84. The van der Waals surface area contributed by atoms with Crippen LogP contribution < -0.4 is 5.32 Å². The SMILES string of the molecule is CCNCC1CCC(C(C)(C)C)CC1Cc1nc(C)cs1. The summed E-state index contributed by atoms with van der Waals surface area (Å²) in [6.45, 7) is 13.8. The molecule has 1 aromatic rings. The van der Waals surface area contributed by atoms with Crippen molar-refractivity contribution < 1.29 is 0 Å². The number of aromatic nitrogens is 1. The van der Waals surface area contributed by atoms with Gasteiger partial charge < -0.3 is 5.32 Å². The smallest absolute Gasteiger partial charge is 0.0930 e. The molecule has 120 valence electrons. The van der Waals surface area contributed by atoms with Crippen molar-refractivity contribution in [3.05, 3.63) is 16.1 Å². The van der Waals surface area contributed by atoms with Gasteiger partial charge in [0, 0.05) is 17.5 Å². The van der Waals surface area contributed by atoms with Gasteiger partial charge in [-0.2, -0.15) is 0 Å². The van der Waals surface area contributed by atoms with Gasteiger partial charge in [-0.25, -0.2) is 4.98 Å². The van der Waals surface area contributed by atoms with Crippen LogP contribution in [0, 0.1) is 30.1 Å². The molecule has 0 aromatic carbocycles. The quantitative estimate of drug-likeness (QED) is 0.854. The summed E-state index contributed by atoms with van der Waals surface area (Å²) in [4.78, 5) is 4.70. The predicted molar refractivity (Wildman–Crippen MR) is 92.9 cm³/mol. The van der Waals surface area contributed by atoms with Gasteiger partial charge in [-0.15, -0.1) is 11.3 Å². The minimum Gasteiger partial charge on any atom is -0.317 e. The molecule has 1 aliphatic carbocycles. The molecule has 2 rings (SSSR count). The Hall–Kier alpha value is -0.410. The Balaban J connectivity index is 2.05. The summed E-state index contributed by atoms with van der Waals surface area (Å²) < 4.78 is 0. The minimum absolute atomic E-state index is 0.445. The fourth-order valence-corrected chi connectivity index (χ4v) is 4.55. The third kappa shape index (κ3) is 4.79. The molecular formula is C18H32N2S. The van der Waals surface area contributed by atoms with E-state index in [0.717, 1.165) is 24.3 Å². The van der Waals surface area contributed by atoms with Crippen LogP contribution in [0.4, 0.5) is 0 Å². The molecule has 1 heterocycles. The van der Waals surface area contributed by atoms with E-state index < -0.39 is 0 Å². The van der Waals surface area contributed by atoms with E-state index in [4.69, 9.17) is 4.98 Å². The maximum atomic E-state index is 4.70. The number of hydrogen-bond acceptors (Lipinski definition) is 3. The van der Waals surface area contributed by atoms with Gasteiger partial charge in [-0.05, 0) is 62.4 Å². The molecule has 1 aromatic heterocycles. The first-order chi connectivity index (χ1) is 9.90. The Morgan fingerprint density at radius 1 is 1.29 bits per heavy atom. The van der Waals surface area contributed by atoms with E-state index in [2.05, 4.69) is 45.3 Å². The lowest BCUT2D eigenvalue weighted by Crippen LogP contribution is -2.37. The Bertz CT molecular complexity index is 433. The predicted octanol–water partition coefficient (Wildman–Crippen LogP) is 4.68. The van der Waals surface area contributed by atoms with Gasteiger partial charge in [-0.1, -0.05) is 27.7 Å². The van der Waals surface area contributed by atoms with Gasteiger partial charge in [0.05, 0.1) is 5.01 Å². The number of rotatable bonds is 5. The van der Waals surface area contributed by atoms with E-state index in [9.17, 15) is 0 Å². The first kappa shape index (κ1) is 17.0. The highest BCUT2D eigenvalue weighted by Gasteiger charge is 2.35. The zero-order valence-electron chi connectivity index (χ0n) is 14.4. The van der Waals surface area contributed by atoms with Crippen LogP contribution in [0.15, 0.2) is 5.38 Å². The average molecular weight is 309 g/mol. The fraction of sp³-hybridized carbons (Fsp3) is 0.833. The van der Waals surface area contributed by atoms with Crippen LogP contribution in [-0.2, 0) is 6.42 Å². The van der Waals surface area contributed by atoms with Crippen molar-refractivity contribution in [1.29, 1.82) is 0 Å². The standard InChI is InChI=1S/C18H32N2S/c1-6-19-11-14-7-8-16(18(3,4)5)9-15(14)10-17-20-13(2)12-21-17/h12,14-16,19H,6-11H2,1-5H3. The maximum Gasteiger partial charge on any atom is 0.0930 e. The Morgan fingerprint density at radius 3 is 2.62 bits per heavy atom. The number of thiazole rings is 1. The van der Waals surface area contributed by atoms with E-state index in [1.165, 1.54) is 42.9 Å². The van der Waals surface area contributed by atoms with Crippen LogP contribution in [0.25, 0.3) is 0 Å². The van der Waals surface area contributed by atoms with Gasteiger partial charge >= 0.3 is 0 Å². The lowest BCUT2D eigenvalue weighted by Gasteiger charge is -2.42. The van der Waals surface area contributed by atoms with Crippen LogP contribution in [0.2, 0.25) is 0 Å². The third-order valence-electron chi connectivity index (χ3n) is 5.12. The molecule has 0 bridgehead atoms. The van der Waals surface area contributed by atoms with Crippen LogP contribution in [0.1, 0.15) is 57.7 Å². The molecule has 3 atom stereocenters. The number of nitrogens with zero attached hydrogens (tertiary/aromatic N) is 1. The van der Waals surface area contributed by atoms with E-state index in [-0.39, 0.29) is 0 Å². The van der Waals surface area contributed by atoms with Crippen LogP contribution in [-0.4, -0.2) is 18.1 Å². The van der Waals surface area contributed by atoms with Crippen LogP contribution >= 0.6 is 11.3 Å². The van der Waals surface area contributed by atoms with Crippen molar-refractivity contribution in [3.63, 3.8) is 0 Å². The molecule has 0 aliphatic heterocycles. The normalized spacial score (nSPS) is 27.0. The van der Waals surface area contributed by atoms with Crippen molar-refractivity contribution in [2.24, 2.45) is 23.2 Å². The number of nitrogens with one attached hydrogen (secondary N) is 1. The molecular weight excluding hydrogens is 276 g/mol. The molecule has 0 spiro atoms. The summed E-state index contributed by atoms with van der Waals surface area (Å²) in [5, 5.41) is 7.11. The summed E-state index contributed by atoms with van der Waals surface area (Å²) in [5.74, 6) is 2.49. The zero-order chi connectivity index (χ0) is 15.5. The van der Waals surface area contributed by atoms with Crippen LogP contribution in [0.5, 0.6) is 0 Å². The highest BCUT2D eigenvalue weighted by molar-refractivity contribution is 7.09. The Labute approximate surface area is 134 Å². The highest BCUT2D eigenvalue weighted by Crippen LogP contribution is 2.43. The molecule has 2 nitrogen and oxygen atoms in total. The first-order valence-corrected chi connectivity index (χ1v) is 9.39. The van der Waals surface area contributed by atoms with Crippen molar-refractivity contribution >= 4 is 11.3 Å². The van der Waals surface area contributed by atoms with Crippen molar-refractivity contribution in [1.82, 2.24) is 10.3 Å². The third-order valence-corrected chi connectivity index (χ3v) is 6.11. The number of aryl methyl sites for hydroxylation is 1. The van der Waals surface area contributed by atoms with Gasteiger partial charge in [0.2, 0.25) is 0 Å². The average Bonchev–Trinajstić information content (AvgIpc) is 2.81. The second kappa shape index (κ2) is 7.23. The highest BCUT2D eigenvalue weighted by atomic mass is 32.1. The first-order valence-electron chi connectivity index (χ1n) is 8.51. The lowest BCUT2D eigenvalue weighted by atomic mass is 9.65. The molecule has 3 heteroatoms. The molecule has 1 N–H and O–H groups in total. The zero-order valence-corrected chi connectivity index (χ0v) is 15.2. The monoisotopic (exact) mass is 308 g/mol. The second-order valence-electron chi connectivity index (χ2n) is 7.79. The van der Waals surface area contributed by atoms with E-state index in [1.807, 2.05) is 11.3 Å². The van der Waals surface area contributed by atoms with Gasteiger partial charge in [0.1, 0.15) is 0 Å². The second-order valence-corrected chi connectivity index (χ2v) is 8.73. The molecule has 21 heavy (non-hydrogen) atoms. The Morgan fingerprint density at radius 2 is 2.05 bits per heavy atom. The molecule has 1 saturated carbocycles. The van der Waals surface area contributed by atoms with Gasteiger partial charge in [0.25, 0.3) is 0 Å². The summed E-state index contributed by atoms with van der Waals surface area (Å²) in [5.41, 5.74) is 1.63. The molecule has 1 aliphatic rings. The fourth-order valence-electron chi connectivity index (χ4n) is 3.68.